The number of hydrogen-bond acceptors (Lipinski definition) is 6. The molecule has 1 aromatic heterocycles. The first-order valence-electron chi connectivity index (χ1n) is 10.1. The molecule has 28 heavy (non-hydrogen) atoms. The van der Waals surface area contributed by atoms with Crippen LogP contribution >= 0.6 is 0 Å². The van der Waals surface area contributed by atoms with E-state index in [1.807, 2.05) is 22.9 Å². The van der Waals surface area contributed by atoms with Crippen LogP contribution in [0.2, 0.25) is 0 Å². The molecule has 0 bridgehead atoms. The third kappa shape index (κ3) is 4.11. The lowest BCUT2D eigenvalue weighted by Crippen LogP contribution is -2.44. The van der Waals surface area contributed by atoms with Crippen molar-refractivity contribution in [3.8, 4) is 5.75 Å². The number of hydrogen-bond donors (Lipinski definition) is 2. The number of ether oxygens (including phenoxy) is 1. The maximum absolute atomic E-state index is 12.6. The summed E-state index contributed by atoms with van der Waals surface area (Å²) in [7, 11) is 1.70. The molecular weight excluding hydrogens is 356 g/mol. The number of benzene rings is 1. The molecule has 150 valence electrons. The highest BCUT2D eigenvalue weighted by atomic mass is 16.5. The Balaban J connectivity index is 1.31. The molecule has 2 aliphatic heterocycles. The number of anilines is 1. The topological polar surface area (TPSA) is 84.3 Å². The van der Waals surface area contributed by atoms with Gasteiger partial charge in [-0.2, -0.15) is 0 Å². The molecule has 8 nitrogen and oxygen atoms in total. The largest absolute Gasteiger partial charge is 0.495 e. The van der Waals surface area contributed by atoms with Crippen LogP contribution in [0.1, 0.15) is 42.2 Å². The molecule has 0 unspecified atom stereocenters. The molecule has 0 spiro atoms. The maximum atomic E-state index is 12.6. The van der Waals surface area contributed by atoms with Gasteiger partial charge in [-0.15, -0.1) is 5.10 Å². The number of nitrogens with one attached hydrogen (secondary N) is 2. The molecule has 2 fully saturated rings. The normalized spacial score (nSPS) is 18.8. The van der Waals surface area contributed by atoms with Crippen molar-refractivity contribution in [2.45, 2.75) is 37.8 Å². The van der Waals surface area contributed by atoms with E-state index in [1.165, 1.54) is 0 Å². The van der Waals surface area contributed by atoms with Crippen molar-refractivity contribution in [3.05, 3.63) is 36.2 Å². The number of para-hydroxylation sites is 2. The predicted molar refractivity (Wildman–Crippen MR) is 107 cm³/mol. The van der Waals surface area contributed by atoms with Crippen LogP contribution in [-0.4, -0.2) is 60.2 Å². The van der Waals surface area contributed by atoms with Gasteiger partial charge in [0.15, 0.2) is 5.69 Å². The highest BCUT2D eigenvalue weighted by molar-refractivity contribution is 5.92. The van der Waals surface area contributed by atoms with Gasteiger partial charge in [0.05, 0.1) is 25.0 Å². The molecule has 2 aromatic rings. The second-order valence-corrected chi connectivity index (χ2v) is 7.47. The second kappa shape index (κ2) is 8.60. The quantitative estimate of drug-likeness (QED) is 0.815. The maximum Gasteiger partial charge on any atom is 0.273 e. The highest BCUT2D eigenvalue weighted by Gasteiger charge is 2.24. The van der Waals surface area contributed by atoms with Crippen LogP contribution in [0.3, 0.4) is 0 Å². The summed E-state index contributed by atoms with van der Waals surface area (Å²) in [4.78, 5) is 14.9. The van der Waals surface area contributed by atoms with Gasteiger partial charge >= 0.3 is 0 Å². The number of amides is 1. The van der Waals surface area contributed by atoms with Crippen molar-refractivity contribution >= 4 is 11.6 Å². The Morgan fingerprint density at radius 3 is 2.68 bits per heavy atom. The van der Waals surface area contributed by atoms with Gasteiger partial charge in [0.1, 0.15) is 5.75 Å². The molecule has 0 radical (unpaired) electrons. The Labute approximate surface area is 165 Å². The smallest absolute Gasteiger partial charge is 0.273 e. The zero-order chi connectivity index (χ0) is 19.3. The first-order valence-corrected chi connectivity index (χ1v) is 10.1. The van der Waals surface area contributed by atoms with E-state index in [2.05, 4.69) is 31.9 Å². The minimum absolute atomic E-state index is 0.129. The number of carbonyl (C=O) groups is 1. The van der Waals surface area contributed by atoms with Crippen LogP contribution in [0.5, 0.6) is 5.75 Å². The highest BCUT2D eigenvalue weighted by Crippen LogP contribution is 2.29. The number of piperidine rings is 2. The first kappa shape index (κ1) is 18.7. The van der Waals surface area contributed by atoms with Gasteiger partial charge in [0, 0.05) is 19.1 Å². The van der Waals surface area contributed by atoms with Gasteiger partial charge in [0.2, 0.25) is 0 Å². The van der Waals surface area contributed by atoms with Gasteiger partial charge in [-0.25, -0.2) is 4.68 Å². The van der Waals surface area contributed by atoms with Crippen molar-refractivity contribution in [3.63, 3.8) is 0 Å². The summed E-state index contributed by atoms with van der Waals surface area (Å²) < 4.78 is 7.31. The average Bonchev–Trinajstić information content (AvgIpc) is 3.25. The summed E-state index contributed by atoms with van der Waals surface area (Å²) >= 11 is 0. The molecule has 0 atom stereocenters. The van der Waals surface area contributed by atoms with Crippen LogP contribution in [-0.2, 0) is 0 Å². The average molecular weight is 384 g/mol. The van der Waals surface area contributed by atoms with Crippen LogP contribution in [0.25, 0.3) is 0 Å². The first-order chi connectivity index (χ1) is 13.7. The van der Waals surface area contributed by atoms with Gasteiger partial charge in [-0.1, -0.05) is 17.3 Å². The summed E-state index contributed by atoms with van der Waals surface area (Å²) in [5, 5.41) is 14.7. The zero-order valence-electron chi connectivity index (χ0n) is 16.3. The third-order valence-corrected chi connectivity index (χ3v) is 5.68. The van der Waals surface area contributed by atoms with Crippen LogP contribution in [0, 0.1) is 0 Å². The molecule has 1 aromatic carbocycles. The lowest BCUT2D eigenvalue weighted by atomic mass is 10.0. The minimum atomic E-state index is -0.129. The molecular formula is C20H28N6O2. The Morgan fingerprint density at radius 2 is 1.93 bits per heavy atom. The van der Waals surface area contributed by atoms with E-state index in [0.717, 1.165) is 63.3 Å². The van der Waals surface area contributed by atoms with Crippen molar-refractivity contribution in [2.24, 2.45) is 0 Å². The van der Waals surface area contributed by atoms with Crippen LogP contribution in [0.4, 0.5) is 5.69 Å². The van der Waals surface area contributed by atoms with E-state index in [9.17, 15) is 4.79 Å². The summed E-state index contributed by atoms with van der Waals surface area (Å²) in [6.07, 6.45) is 5.62. The van der Waals surface area contributed by atoms with E-state index in [1.54, 1.807) is 13.3 Å². The lowest BCUT2D eigenvalue weighted by molar-refractivity contribution is 0.0926. The standard InChI is InChI=1S/C20H28N6O2/c1-28-19-5-3-2-4-18(19)25-12-8-15(9-13-25)22-20(27)17-14-26(24-23-17)16-6-10-21-11-7-16/h2-5,14-16,21H,6-13H2,1H3,(H,22,27). The summed E-state index contributed by atoms with van der Waals surface area (Å²) in [6.45, 7) is 3.73. The molecule has 2 saturated heterocycles. The predicted octanol–water partition coefficient (Wildman–Crippen LogP) is 1.61. The number of nitrogens with zero attached hydrogens (tertiary/aromatic N) is 4. The molecule has 3 heterocycles. The fourth-order valence-corrected chi connectivity index (χ4v) is 4.05. The molecule has 1 amide bonds. The van der Waals surface area contributed by atoms with Gasteiger partial charge in [0.25, 0.3) is 5.91 Å². The number of methoxy groups -OCH3 is 1. The minimum Gasteiger partial charge on any atom is -0.495 e. The molecule has 8 heteroatoms. The van der Waals surface area contributed by atoms with E-state index < -0.39 is 0 Å². The van der Waals surface area contributed by atoms with E-state index in [4.69, 9.17) is 4.74 Å². The van der Waals surface area contributed by atoms with Crippen molar-refractivity contribution in [2.75, 3.05) is 38.2 Å². The molecule has 0 saturated carbocycles. The molecule has 2 N–H and O–H groups in total. The van der Waals surface area contributed by atoms with Crippen molar-refractivity contribution in [1.82, 2.24) is 25.6 Å². The zero-order valence-corrected chi connectivity index (χ0v) is 16.3. The van der Waals surface area contributed by atoms with Gasteiger partial charge in [-0.05, 0) is 50.9 Å². The van der Waals surface area contributed by atoms with Gasteiger partial charge < -0.3 is 20.3 Å². The number of carbonyl (C=O) groups excluding carboxylic acids is 1. The third-order valence-electron chi connectivity index (χ3n) is 5.68. The molecule has 4 rings (SSSR count). The summed E-state index contributed by atoms with van der Waals surface area (Å²) in [5.41, 5.74) is 1.52. The van der Waals surface area contributed by atoms with Crippen molar-refractivity contribution in [1.29, 1.82) is 0 Å². The summed E-state index contributed by atoms with van der Waals surface area (Å²) in [5.74, 6) is 0.760. The van der Waals surface area contributed by atoms with Crippen molar-refractivity contribution < 1.29 is 9.53 Å². The lowest BCUT2D eigenvalue weighted by Gasteiger charge is -2.34. The number of aromatic nitrogens is 3. The van der Waals surface area contributed by atoms with Crippen LogP contribution in [0.15, 0.2) is 30.5 Å². The monoisotopic (exact) mass is 384 g/mol. The second-order valence-electron chi connectivity index (χ2n) is 7.47. The Kier molecular flexibility index (Phi) is 5.76. The van der Waals surface area contributed by atoms with E-state index in [0.29, 0.717) is 11.7 Å². The fraction of sp³-hybridized carbons (Fsp3) is 0.550. The summed E-state index contributed by atoms with van der Waals surface area (Å²) in [6, 6.07) is 8.55. The SMILES string of the molecule is COc1ccccc1N1CCC(NC(=O)c2cn(C3CCNCC3)nn2)CC1. The Bertz CT molecular complexity index is 793. The van der Waals surface area contributed by atoms with E-state index >= 15 is 0 Å². The van der Waals surface area contributed by atoms with E-state index in [-0.39, 0.29) is 11.9 Å². The molecule has 2 aliphatic rings. The molecule has 0 aliphatic carbocycles. The van der Waals surface area contributed by atoms with Gasteiger partial charge in [-0.3, -0.25) is 4.79 Å². The fourth-order valence-electron chi connectivity index (χ4n) is 4.05. The van der Waals surface area contributed by atoms with Crippen LogP contribution < -0.4 is 20.3 Å². The Hall–Kier alpha value is -2.61. The Morgan fingerprint density at radius 1 is 1.18 bits per heavy atom. The number of rotatable bonds is 5.